The summed E-state index contributed by atoms with van der Waals surface area (Å²) < 4.78 is 0. The Morgan fingerprint density at radius 1 is 1.28 bits per heavy atom. The molecule has 3 atom stereocenters. The Labute approximate surface area is 110 Å². The highest BCUT2D eigenvalue weighted by molar-refractivity contribution is 5.37. The highest BCUT2D eigenvalue weighted by Gasteiger charge is 2.37. The number of nitrogens with zero attached hydrogens (tertiary/aromatic N) is 1. The largest absolute Gasteiger partial charge is 0.323 e. The molecule has 1 aromatic carbocycles. The first-order valence-electron chi connectivity index (χ1n) is 7.40. The third-order valence-electron chi connectivity index (χ3n) is 4.83. The Morgan fingerprint density at radius 3 is 2.89 bits per heavy atom. The van der Waals surface area contributed by atoms with Gasteiger partial charge in [-0.1, -0.05) is 37.6 Å². The SMILES string of the molecule is CCC1CCCCN1C1Cc2ccccc2C1N. The van der Waals surface area contributed by atoms with Crippen molar-refractivity contribution in [1.82, 2.24) is 4.90 Å². The smallest absolute Gasteiger partial charge is 0.0459 e. The molecule has 0 amide bonds. The molecule has 2 heteroatoms. The molecule has 1 aromatic rings. The number of hydrogen-bond acceptors (Lipinski definition) is 2. The van der Waals surface area contributed by atoms with Gasteiger partial charge < -0.3 is 5.73 Å². The third kappa shape index (κ3) is 1.98. The van der Waals surface area contributed by atoms with Crippen LogP contribution in [0, 0.1) is 0 Å². The summed E-state index contributed by atoms with van der Waals surface area (Å²) in [6, 6.07) is 10.2. The molecular formula is C16H24N2. The van der Waals surface area contributed by atoms with Crippen LogP contribution in [0.4, 0.5) is 0 Å². The topological polar surface area (TPSA) is 29.3 Å². The second-order valence-corrected chi connectivity index (χ2v) is 5.79. The van der Waals surface area contributed by atoms with Crippen LogP contribution >= 0.6 is 0 Å². The lowest BCUT2D eigenvalue weighted by atomic mass is 9.95. The average Bonchev–Trinajstić information content (AvgIpc) is 2.76. The molecule has 3 rings (SSSR count). The fourth-order valence-corrected chi connectivity index (χ4v) is 3.83. The number of likely N-dealkylation sites (tertiary alicyclic amines) is 1. The molecule has 1 aliphatic heterocycles. The minimum atomic E-state index is 0.216. The van der Waals surface area contributed by atoms with Crippen molar-refractivity contribution < 1.29 is 0 Å². The minimum Gasteiger partial charge on any atom is -0.323 e. The monoisotopic (exact) mass is 244 g/mol. The Kier molecular flexibility index (Phi) is 3.40. The first kappa shape index (κ1) is 12.2. The maximum Gasteiger partial charge on any atom is 0.0459 e. The summed E-state index contributed by atoms with van der Waals surface area (Å²) >= 11 is 0. The van der Waals surface area contributed by atoms with Crippen LogP contribution in [-0.4, -0.2) is 23.5 Å². The predicted octanol–water partition coefficient (Wildman–Crippen LogP) is 2.88. The van der Waals surface area contributed by atoms with Crippen molar-refractivity contribution in [3.63, 3.8) is 0 Å². The van der Waals surface area contributed by atoms with E-state index < -0.39 is 0 Å². The van der Waals surface area contributed by atoms with Crippen molar-refractivity contribution in [3.8, 4) is 0 Å². The van der Waals surface area contributed by atoms with E-state index in [1.807, 2.05) is 0 Å². The maximum atomic E-state index is 6.50. The highest BCUT2D eigenvalue weighted by atomic mass is 15.2. The molecule has 98 valence electrons. The molecule has 1 heterocycles. The van der Waals surface area contributed by atoms with Gasteiger partial charge >= 0.3 is 0 Å². The van der Waals surface area contributed by atoms with E-state index in [9.17, 15) is 0 Å². The standard InChI is InChI=1S/C16H24N2/c1-2-13-8-5-6-10-18(13)15-11-12-7-3-4-9-14(12)16(15)17/h3-4,7,9,13,15-16H,2,5-6,8,10-11,17H2,1H3. The van der Waals surface area contributed by atoms with Crippen molar-refractivity contribution in [3.05, 3.63) is 35.4 Å². The van der Waals surface area contributed by atoms with Crippen molar-refractivity contribution in [1.29, 1.82) is 0 Å². The van der Waals surface area contributed by atoms with Crippen LogP contribution in [0.3, 0.4) is 0 Å². The molecule has 1 aliphatic carbocycles. The van der Waals surface area contributed by atoms with E-state index in [1.165, 1.54) is 43.4 Å². The van der Waals surface area contributed by atoms with Crippen LogP contribution in [-0.2, 0) is 6.42 Å². The lowest BCUT2D eigenvalue weighted by molar-refractivity contribution is 0.0832. The highest BCUT2D eigenvalue weighted by Crippen LogP contribution is 2.36. The molecule has 3 unspecified atom stereocenters. The normalized spacial score (nSPS) is 32.4. The first-order chi connectivity index (χ1) is 8.81. The molecule has 0 saturated carbocycles. The lowest BCUT2D eigenvalue weighted by Crippen LogP contribution is -2.49. The third-order valence-corrected chi connectivity index (χ3v) is 4.83. The van der Waals surface area contributed by atoms with Gasteiger partial charge in [0.15, 0.2) is 0 Å². The molecule has 1 saturated heterocycles. The molecule has 0 bridgehead atoms. The van der Waals surface area contributed by atoms with Crippen LogP contribution in [0.5, 0.6) is 0 Å². The van der Waals surface area contributed by atoms with Crippen molar-refractivity contribution in [2.75, 3.05) is 6.54 Å². The van der Waals surface area contributed by atoms with Gasteiger partial charge in [-0.05, 0) is 43.4 Å². The Morgan fingerprint density at radius 2 is 2.11 bits per heavy atom. The van der Waals surface area contributed by atoms with Gasteiger partial charge in [0.1, 0.15) is 0 Å². The molecule has 0 radical (unpaired) electrons. The van der Waals surface area contributed by atoms with Crippen LogP contribution in [0.1, 0.15) is 49.8 Å². The maximum absolute atomic E-state index is 6.50. The lowest BCUT2D eigenvalue weighted by Gasteiger charge is -2.41. The molecule has 2 aliphatic rings. The summed E-state index contributed by atoms with van der Waals surface area (Å²) in [7, 11) is 0. The van der Waals surface area contributed by atoms with Gasteiger partial charge in [-0.3, -0.25) is 4.90 Å². The number of hydrogen-bond donors (Lipinski definition) is 1. The number of piperidine rings is 1. The molecule has 2 N–H and O–H groups in total. The van der Waals surface area contributed by atoms with Gasteiger partial charge in [0.25, 0.3) is 0 Å². The fourth-order valence-electron chi connectivity index (χ4n) is 3.83. The summed E-state index contributed by atoms with van der Waals surface area (Å²) in [4.78, 5) is 2.70. The number of fused-ring (bicyclic) bond motifs is 1. The first-order valence-corrected chi connectivity index (χ1v) is 7.40. The Bertz CT molecular complexity index is 415. The summed E-state index contributed by atoms with van der Waals surface area (Å²) in [6.45, 7) is 3.56. The van der Waals surface area contributed by atoms with Crippen LogP contribution in [0.25, 0.3) is 0 Å². The molecule has 18 heavy (non-hydrogen) atoms. The van der Waals surface area contributed by atoms with E-state index in [4.69, 9.17) is 5.73 Å². The van der Waals surface area contributed by atoms with Crippen LogP contribution in [0.2, 0.25) is 0 Å². The quantitative estimate of drug-likeness (QED) is 0.867. The van der Waals surface area contributed by atoms with E-state index in [-0.39, 0.29) is 6.04 Å². The van der Waals surface area contributed by atoms with Gasteiger partial charge in [0.2, 0.25) is 0 Å². The van der Waals surface area contributed by atoms with Gasteiger partial charge in [-0.15, -0.1) is 0 Å². The number of benzene rings is 1. The summed E-state index contributed by atoms with van der Waals surface area (Å²) in [5, 5.41) is 0. The molecule has 2 nitrogen and oxygen atoms in total. The summed E-state index contributed by atoms with van der Waals surface area (Å²) in [5.41, 5.74) is 9.34. The second-order valence-electron chi connectivity index (χ2n) is 5.79. The number of nitrogens with two attached hydrogens (primary N) is 1. The fraction of sp³-hybridized carbons (Fsp3) is 0.625. The van der Waals surface area contributed by atoms with E-state index >= 15 is 0 Å². The summed E-state index contributed by atoms with van der Waals surface area (Å²) in [6.07, 6.45) is 6.50. The van der Waals surface area contributed by atoms with Gasteiger partial charge in [-0.2, -0.15) is 0 Å². The zero-order valence-corrected chi connectivity index (χ0v) is 11.3. The van der Waals surface area contributed by atoms with Gasteiger partial charge in [0, 0.05) is 18.1 Å². The Balaban J connectivity index is 1.82. The number of rotatable bonds is 2. The average molecular weight is 244 g/mol. The van der Waals surface area contributed by atoms with Gasteiger partial charge in [-0.25, -0.2) is 0 Å². The molecule has 0 spiro atoms. The summed E-state index contributed by atoms with van der Waals surface area (Å²) in [5.74, 6) is 0. The van der Waals surface area contributed by atoms with Crippen LogP contribution in [0.15, 0.2) is 24.3 Å². The molecule has 0 aromatic heterocycles. The predicted molar refractivity (Wildman–Crippen MR) is 75.5 cm³/mol. The molecular weight excluding hydrogens is 220 g/mol. The zero-order chi connectivity index (χ0) is 12.5. The van der Waals surface area contributed by atoms with E-state index in [0.717, 1.165) is 12.5 Å². The Hall–Kier alpha value is -0.860. The van der Waals surface area contributed by atoms with Gasteiger partial charge in [0.05, 0.1) is 0 Å². The van der Waals surface area contributed by atoms with Crippen LogP contribution < -0.4 is 5.73 Å². The zero-order valence-electron chi connectivity index (χ0n) is 11.3. The van der Waals surface area contributed by atoms with Crippen molar-refractivity contribution >= 4 is 0 Å². The van der Waals surface area contributed by atoms with Crippen molar-refractivity contribution in [2.45, 2.75) is 57.2 Å². The van der Waals surface area contributed by atoms with E-state index in [1.54, 1.807) is 0 Å². The van der Waals surface area contributed by atoms with E-state index in [0.29, 0.717) is 6.04 Å². The van der Waals surface area contributed by atoms with E-state index in [2.05, 4.69) is 36.1 Å². The molecule has 1 fully saturated rings. The second kappa shape index (κ2) is 5.02. The minimum absolute atomic E-state index is 0.216. The van der Waals surface area contributed by atoms with Crippen molar-refractivity contribution in [2.24, 2.45) is 5.73 Å².